The van der Waals surface area contributed by atoms with Gasteiger partial charge in [-0.2, -0.15) is 0 Å². The fourth-order valence-electron chi connectivity index (χ4n) is 3.76. The smallest absolute Gasteiger partial charge is 0.216 e. The van der Waals surface area contributed by atoms with Gasteiger partial charge in [-0.3, -0.25) is 0 Å². The summed E-state index contributed by atoms with van der Waals surface area (Å²) in [5, 5.41) is 0. The second-order valence-electron chi connectivity index (χ2n) is 8.13. The van der Waals surface area contributed by atoms with E-state index in [2.05, 4.69) is 58.1 Å². The second-order valence-corrected chi connectivity index (χ2v) is 8.13. The van der Waals surface area contributed by atoms with Gasteiger partial charge in [0, 0.05) is 5.57 Å². The summed E-state index contributed by atoms with van der Waals surface area (Å²) < 4.78 is 11.9. The maximum atomic E-state index is 5.96. The molecule has 2 heterocycles. The van der Waals surface area contributed by atoms with Crippen molar-refractivity contribution >= 4 is 11.8 Å². The molecule has 4 rings (SSSR count). The van der Waals surface area contributed by atoms with Crippen LogP contribution in [0.4, 0.5) is 0 Å². The normalized spacial score (nSPS) is 30.2. The van der Waals surface area contributed by atoms with Crippen LogP contribution in [0, 0.1) is 17.8 Å². The van der Waals surface area contributed by atoms with Crippen LogP contribution in [0.5, 0.6) is 0 Å². The van der Waals surface area contributed by atoms with Crippen molar-refractivity contribution in [3.05, 3.63) is 47.1 Å². The molecule has 0 spiro atoms. The third-order valence-electron chi connectivity index (χ3n) is 5.60. The number of ether oxygens (including phenoxy) is 2. The Labute approximate surface area is 156 Å². The van der Waals surface area contributed by atoms with Gasteiger partial charge in [-0.25, -0.2) is 9.98 Å². The summed E-state index contributed by atoms with van der Waals surface area (Å²) in [6.45, 7) is 10.2. The minimum atomic E-state index is 0.117. The molecular formula is C22H28N2O2. The van der Waals surface area contributed by atoms with Crippen molar-refractivity contribution in [3.63, 3.8) is 0 Å². The molecule has 0 bridgehead atoms. The standard InChI is InChI=1S/C22H28N2O2/c1-13(2)19-11-25-21(23-19)17-9-5-7-15(17)16-8-6-10-18(16)22-24-20(12-26-22)14(3)4/h5-7,9-10,13-14,17,19-20H,8,11-12H2,1-4H3/t17?,19-,20-/m0/s1. The first kappa shape index (κ1) is 17.3. The minimum Gasteiger partial charge on any atom is -0.478 e. The summed E-state index contributed by atoms with van der Waals surface area (Å²) in [4.78, 5) is 9.67. The number of hydrogen-bond donors (Lipinski definition) is 0. The lowest BCUT2D eigenvalue weighted by Gasteiger charge is -2.16. The maximum absolute atomic E-state index is 5.96. The average molecular weight is 352 g/mol. The van der Waals surface area contributed by atoms with Gasteiger partial charge in [0.1, 0.15) is 13.2 Å². The van der Waals surface area contributed by atoms with Crippen molar-refractivity contribution in [2.24, 2.45) is 27.7 Å². The quantitative estimate of drug-likeness (QED) is 0.742. The number of hydrogen-bond acceptors (Lipinski definition) is 4. The van der Waals surface area contributed by atoms with E-state index in [9.17, 15) is 0 Å². The van der Waals surface area contributed by atoms with Gasteiger partial charge in [-0.05, 0) is 29.4 Å². The Morgan fingerprint density at radius 2 is 1.73 bits per heavy atom. The summed E-state index contributed by atoms with van der Waals surface area (Å²) in [6.07, 6.45) is 11.8. The summed E-state index contributed by atoms with van der Waals surface area (Å²) in [6, 6.07) is 0.526. The predicted octanol–water partition coefficient (Wildman–Crippen LogP) is 4.26. The topological polar surface area (TPSA) is 43.2 Å². The molecule has 0 aromatic rings. The highest BCUT2D eigenvalue weighted by molar-refractivity contribution is 6.00. The zero-order valence-electron chi connectivity index (χ0n) is 16.1. The van der Waals surface area contributed by atoms with Gasteiger partial charge in [-0.15, -0.1) is 0 Å². The van der Waals surface area contributed by atoms with Gasteiger partial charge >= 0.3 is 0 Å². The van der Waals surface area contributed by atoms with Gasteiger partial charge in [-0.1, -0.05) is 58.1 Å². The van der Waals surface area contributed by atoms with Gasteiger partial charge < -0.3 is 9.47 Å². The highest BCUT2D eigenvalue weighted by Crippen LogP contribution is 2.37. The Morgan fingerprint density at radius 1 is 1.00 bits per heavy atom. The molecule has 4 aliphatic rings. The van der Waals surface area contributed by atoms with E-state index in [1.165, 1.54) is 11.1 Å². The van der Waals surface area contributed by atoms with E-state index in [0.29, 0.717) is 25.0 Å². The first-order valence-corrected chi connectivity index (χ1v) is 9.74. The van der Waals surface area contributed by atoms with Gasteiger partial charge in [0.15, 0.2) is 5.90 Å². The third kappa shape index (κ3) is 3.06. The molecule has 4 heteroatoms. The lowest BCUT2D eigenvalue weighted by Crippen LogP contribution is -2.16. The molecule has 0 amide bonds. The molecule has 3 atom stereocenters. The molecule has 0 N–H and O–H groups in total. The van der Waals surface area contributed by atoms with Crippen molar-refractivity contribution in [2.45, 2.75) is 46.2 Å². The van der Waals surface area contributed by atoms with Crippen molar-refractivity contribution < 1.29 is 9.47 Å². The molecule has 1 unspecified atom stereocenters. The molecule has 0 radical (unpaired) electrons. The number of nitrogens with zero attached hydrogens (tertiary/aromatic N) is 2. The molecule has 0 saturated heterocycles. The van der Waals surface area contributed by atoms with Crippen LogP contribution in [0.1, 0.15) is 34.1 Å². The Bertz CT molecular complexity index is 765. The van der Waals surface area contributed by atoms with Crippen LogP contribution < -0.4 is 0 Å². The monoisotopic (exact) mass is 352 g/mol. The molecule has 4 nitrogen and oxygen atoms in total. The van der Waals surface area contributed by atoms with Crippen molar-refractivity contribution in [1.82, 2.24) is 0 Å². The molecule has 0 saturated carbocycles. The largest absolute Gasteiger partial charge is 0.478 e. The van der Waals surface area contributed by atoms with Crippen LogP contribution in [-0.4, -0.2) is 37.1 Å². The number of aliphatic imine (C=N–C) groups is 2. The Kier molecular flexibility index (Phi) is 4.60. The first-order chi connectivity index (χ1) is 12.5. The summed E-state index contributed by atoms with van der Waals surface area (Å²) in [5.41, 5.74) is 3.70. The second kappa shape index (κ2) is 6.90. The molecule has 0 aromatic carbocycles. The molecule has 0 aromatic heterocycles. The molecule has 2 aliphatic heterocycles. The number of rotatable bonds is 5. The van der Waals surface area contributed by atoms with Gasteiger partial charge in [0.25, 0.3) is 0 Å². The van der Waals surface area contributed by atoms with E-state index in [4.69, 9.17) is 19.5 Å². The van der Waals surface area contributed by atoms with E-state index in [-0.39, 0.29) is 18.0 Å². The minimum absolute atomic E-state index is 0.117. The third-order valence-corrected chi connectivity index (χ3v) is 5.60. The lowest BCUT2D eigenvalue weighted by molar-refractivity contribution is 0.283. The summed E-state index contributed by atoms with van der Waals surface area (Å²) in [7, 11) is 0. The zero-order chi connectivity index (χ0) is 18.3. The van der Waals surface area contributed by atoms with Crippen molar-refractivity contribution in [3.8, 4) is 0 Å². The molecule has 26 heavy (non-hydrogen) atoms. The molecule has 2 aliphatic carbocycles. The average Bonchev–Trinajstić information content (AvgIpc) is 3.39. The van der Waals surface area contributed by atoms with Crippen LogP contribution in [0.3, 0.4) is 0 Å². The molecule has 138 valence electrons. The fourth-order valence-corrected chi connectivity index (χ4v) is 3.76. The van der Waals surface area contributed by atoms with Gasteiger partial charge in [0.05, 0.1) is 18.0 Å². The van der Waals surface area contributed by atoms with Crippen LogP contribution >= 0.6 is 0 Å². The Balaban J connectivity index is 1.60. The van der Waals surface area contributed by atoms with Crippen LogP contribution in [-0.2, 0) is 9.47 Å². The van der Waals surface area contributed by atoms with Crippen LogP contribution in [0.15, 0.2) is 57.1 Å². The SMILES string of the molecule is CC(C)[C@@H]1COC(C2=C(C3=CC=CC3C3=N[C@H](C(C)C)CO3)CC=C2)=N1. The van der Waals surface area contributed by atoms with Crippen LogP contribution in [0.2, 0.25) is 0 Å². The van der Waals surface area contributed by atoms with E-state index in [0.717, 1.165) is 23.8 Å². The Morgan fingerprint density at radius 3 is 2.42 bits per heavy atom. The summed E-state index contributed by atoms with van der Waals surface area (Å²) >= 11 is 0. The Hall–Kier alpha value is -2.10. The first-order valence-electron chi connectivity index (χ1n) is 9.74. The predicted molar refractivity (Wildman–Crippen MR) is 106 cm³/mol. The van der Waals surface area contributed by atoms with E-state index < -0.39 is 0 Å². The highest BCUT2D eigenvalue weighted by atomic mass is 16.5. The number of allylic oxidation sites excluding steroid dienone is 4. The van der Waals surface area contributed by atoms with E-state index >= 15 is 0 Å². The lowest BCUT2D eigenvalue weighted by atomic mass is 9.92. The maximum Gasteiger partial charge on any atom is 0.216 e. The van der Waals surface area contributed by atoms with E-state index in [1.807, 2.05) is 0 Å². The molecule has 0 fully saturated rings. The van der Waals surface area contributed by atoms with Crippen molar-refractivity contribution in [1.29, 1.82) is 0 Å². The zero-order valence-corrected chi connectivity index (χ0v) is 16.1. The fraction of sp³-hybridized carbons (Fsp3) is 0.545. The highest BCUT2D eigenvalue weighted by Gasteiger charge is 2.34. The summed E-state index contributed by atoms with van der Waals surface area (Å²) in [5.74, 6) is 2.77. The van der Waals surface area contributed by atoms with Crippen molar-refractivity contribution in [2.75, 3.05) is 13.2 Å². The van der Waals surface area contributed by atoms with E-state index in [1.54, 1.807) is 0 Å². The van der Waals surface area contributed by atoms with Crippen LogP contribution in [0.25, 0.3) is 0 Å². The van der Waals surface area contributed by atoms with Gasteiger partial charge in [0.2, 0.25) is 5.90 Å². The molecular weight excluding hydrogens is 324 g/mol.